The van der Waals surface area contributed by atoms with E-state index in [0.29, 0.717) is 41.6 Å². The highest BCUT2D eigenvalue weighted by atomic mass is 32.2. The van der Waals surface area contributed by atoms with Gasteiger partial charge in [-0.1, -0.05) is 42.1 Å². The minimum absolute atomic E-state index is 0.0644. The van der Waals surface area contributed by atoms with Gasteiger partial charge in [0.25, 0.3) is 5.56 Å². The van der Waals surface area contributed by atoms with E-state index in [1.807, 2.05) is 44.2 Å². The molecule has 3 aromatic rings. The van der Waals surface area contributed by atoms with Gasteiger partial charge in [-0.3, -0.25) is 14.2 Å². The fourth-order valence-corrected chi connectivity index (χ4v) is 5.49. The Bertz CT molecular complexity index is 1140. The molecule has 3 heterocycles. The molecule has 158 valence electrons. The first-order valence-electron chi connectivity index (χ1n) is 9.89. The molecule has 1 aliphatic heterocycles. The number of rotatable bonds is 6. The van der Waals surface area contributed by atoms with Crippen LogP contribution in [0.25, 0.3) is 10.2 Å². The first kappa shape index (κ1) is 21.1. The van der Waals surface area contributed by atoms with Crippen molar-refractivity contribution in [2.75, 3.05) is 12.4 Å². The number of thioether (sulfide) groups is 1. The smallest absolute Gasteiger partial charge is 0.316 e. The lowest BCUT2D eigenvalue weighted by Gasteiger charge is -2.29. The fourth-order valence-electron chi connectivity index (χ4n) is 3.55. The lowest BCUT2D eigenvalue weighted by atomic mass is 9.94. The van der Waals surface area contributed by atoms with Crippen LogP contribution in [0.4, 0.5) is 0 Å². The second kappa shape index (κ2) is 8.53. The standard InChI is InChI=1S/C22H24N2O4S2/c1-4-27-17(25)13-29-21-23-19-18(15-10-22(2,3)28-12-16(15)30-19)20(26)24(21)11-14-8-6-5-7-9-14/h5-9H,4,10-13H2,1-3H3. The highest BCUT2D eigenvalue weighted by Gasteiger charge is 2.31. The van der Waals surface area contributed by atoms with E-state index in [4.69, 9.17) is 14.5 Å². The molecule has 8 heteroatoms. The molecule has 0 N–H and O–H groups in total. The molecule has 6 nitrogen and oxygen atoms in total. The molecule has 0 spiro atoms. The van der Waals surface area contributed by atoms with Crippen LogP contribution in [0.1, 0.15) is 36.8 Å². The summed E-state index contributed by atoms with van der Waals surface area (Å²) in [5.41, 5.74) is 1.68. The summed E-state index contributed by atoms with van der Waals surface area (Å²) in [5, 5.41) is 1.21. The van der Waals surface area contributed by atoms with E-state index in [-0.39, 0.29) is 22.9 Å². The van der Waals surface area contributed by atoms with E-state index in [9.17, 15) is 9.59 Å². The Morgan fingerprint density at radius 1 is 1.33 bits per heavy atom. The third-order valence-electron chi connectivity index (χ3n) is 4.96. The lowest BCUT2D eigenvalue weighted by molar-refractivity contribution is -0.139. The van der Waals surface area contributed by atoms with Crippen molar-refractivity contribution in [3.8, 4) is 0 Å². The monoisotopic (exact) mass is 444 g/mol. The number of carbonyl (C=O) groups excluding carboxylic acids is 1. The summed E-state index contributed by atoms with van der Waals surface area (Å²) in [6.45, 7) is 7.08. The van der Waals surface area contributed by atoms with Gasteiger partial charge in [0.2, 0.25) is 0 Å². The minimum atomic E-state index is -0.316. The molecule has 0 aliphatic carbocycles. The molecule has 0 bridgehead atoms. The summed E-state index contributed by atoms with van der Waals surface area (Å²) < 4.78 is 12.6. The quantitative estimate of drug-likeness (QED) is 0.325. The lowest BCUT2D eigenvalue weighted by Crippen LogP contribution is -2.32. The van der Waals surface area contributed by atoms with Crippen LogP contribution >= 0.6 is 23.1 Å². The highest BCUT2D eigenvalue weighted by molar-refractivity contribution is 7.99. The second-order valence-corrected chi connectivity index (χ2v) is 9.80. The Morgan fingerprint density at radius 3 is 2.83 bits per heavy atom. The van der Waals surface area contributed by atoms with Crippen molar-refractivity contribution in [1.82, 2.24) is 9.55 Å². The highest BCUT2D eigenvalue weighted by Crippen LogP contribution is 2.37. The summed E-state index contributed by atoms with van der Waals surface area (Å²) >= 11 is 2.75. The SMILES string of the molecule is CCOC(=O)CSc1nc2sc3c(c2c(=O)n1Cc1ccccc1)CC(C)(C)OC3. The normalized spacial score (nSPS) is 15.2. The van der Waals surface area contributed by atoms with Crippen LogP contribution in [0, 0.1) is 0 Å². The number of benzene rings is 1. The zero-order chi connectivity index (χ0) is 21.3. The second-order valence-electron chi connectivity index (χ2n) is 7.77. The van der Waals surface area contributed by atoms with Gasteiger partial charge in [0.15, 0.2) is 5.16 Å². The van der Waals surface area contributed by atoms with Crippen LogP contribution in [0.3, 0.4) is 0 Å². The maximum Gasteiger partial charge on any atom is 0.316 e. The molecule has 0 saturated heterocycles. The number of nitrogens with zero attached hydrogens (tertiary/aromatic N) is 2. The molecule has 0 amide bonds. The molecule has 1 aromatic carbocycles. The maximum absolute atomic E-state index is 13.6. The molecule has 0 saturated carbocycles. The van der Waals surface area contributed by atoms with E-state index in [2.05, 4.69) is 0 Å². The number of esters is 1. The van der Waals surface area contributed by atoms with Crippen molar-refractivity contribution < 1.29 is 14.3 Å². The first-order valence-corrected chi connectivity index (χ1v) is 11.7. The average Bonchev–Trinajstić information content (AvgIpc) is 3.06. The number of hydrogen-bond donors (Lipinski definition) is 0. The van der Waals surface area contributed by atoms with Gasteiger partial charge < -0.3 is 9.47 Å². The number of aromatic nitrogens is 2. The van der Waals surface area contributed by atoms with Crippen LogP contribution < -0.4 is 5.56 Å². The average molecular weight is 445 g/mol. The molecule has 0 atom stereocenters. The van der Waals surface area contributed by atoms with E-state index < -0.39 is 0 Å². The summed E-state index contributed by atoms with van der Waals surface area (Å²) in [4.78, 5) is 32.1. The Labute approximate surface area is 183 Å². The Morgan fingerprint density at radius 2 is 2.10 bits per heavy atom. The molecule has 4 rings (SSSR count). The van der Waals surface area contributed by atoms with Crippen molar-refractivity contribution >= 4 is 39.3 Å². The predicted molar refractivity (Wildman–Crippen MR) is 119 cm³/mol. The van der Waals surface area contributed by atoms with Gasteiger partial charge in [-0.2, -0.15) is 0 Å². The molecular formula is C22H24N2O4S2. The summed E-state index contributed by atoms with van der Waals surface area (Å²) in [6.07, 6.45) is 0.680. The Balaban J connectivity index is 1.81. The molecule has 0 fully saturated rings. The zero-order valence-corrected chi connectivity index (χ0v) is 18.9. The maximum atomic E-state index is 13.6. The van der Waals surface area contributed by atoms with Crippen LogP contribution in [0.15, 0.2) is 40.3 Å². The van der Waals surface area contributed by atoms with Crippen molar-refractivity contribution in [2.45, 2.75) is 51.1 Å². The summed E-state index contributed by atoms with van der Waals surface area (Å²) in [6, 6.07) is 9.81. The zero-order valence-electron chi connectivity index (χ0n) is 17.3. The van der Waals surface area contributed by atoms with Gasteiger partial charge in [0.05, 0.1) is 36.5 Å². The summed E-state index contributed by atoms with van der Waals surface area (Å²) in [7, 11) is 0. The van der Waals surface area contributed by atoms with Gasteiger partial charge in [0, 0.05) is 11.3 Å². The van der Waals surface area contributed by atoms with Crippen molar-refractivity contribution in [3.05, 3.63) is 56.7 Å². The van der Waals surface area contributed by atoms with E-state index in [0.717, 1.165) is 16.0 Å². The molecule has 2 aromatic heterocycles. The third-order valence-corrected chi connectivity index (χ3v) is 7.01. The minimum Gasteiger partial charge on any atom is -0.465 e. The largest absolute Gasteiger partial charge is 0.465 e. The van der Waals surface area contributed by atoms with E-state index >= 15 is 0 Å². The molecule has 30 heavy (non-hydrogen) atoms. The van der Waals surface area contributed by atoms with Gasteiger partial charge in [-0.05, 0) is 31.9 Å². The van der Waals surface area contributed by atoms with Gasteiger partial charge >= 0.3 is 5.97 Å². The fraction of sp³-hybridized carbons (Fsp3) is 0.409. The molecule has 1 aliphatic rings. The molecule has 0 radical (unpaired) electrons. The Kier molecular flexibility index (Phi) is 5.99. The summed E-state index contributed by atoms with van der Waals surface area (Å²) in [5.74, 6) is -0.203. The predicted octanol–water partition coefficient (Wildman–Crippen LogP) is 4.01. The van der Waals surface area contributed by atoms with Crippen LogP contribution in [0.2, 0.25) is 0 Å². The van der Waals surface area contributed by atoms with E-state index in [1.165, 1.54) is 23.1 Å². The number of carbonyl (C=O) groups is 1. The third kappa shape index (κ3) is 4.31. The van der Waals surface area contributed by atoms with E-state index in [1.54, 1.807) is 11.5 Å². The van der Waals surface area contributed by atoms with Gasteiger partial charge in [0.1, 0.15) is 4.83 Å². The molecular weight excluding hydrogens is 420 g/mol. The van der Waals surface area contributed by atoms with Crippen molar-refractivity contribution in [3.63, 3.8) is 0 Å². The first-order chi connectivity index (χ1) is 14.4. The number of hydrogen-bond acceptors (Lipinski definition) is 7. The van der Waals surface area contributed by atoms with Crippen molar-refractivity contribution in [1.29, 1.82) is 0 Å². The van der Waals surface area contributed by atoms with Gasteiger partial charge in [-0.25, -0.2) is 4.98 Å². The number of ether oxygens (including phenoxy) is 2. The Hall–Kier alpha value is -2.16. The van der Waals surface area contributed by atoms with Crippen LogP contribution in [-0.4, -0.2) is 33.5 Å². The van der Waals surface area contributed by atoms with Crippen LogP contribution in [0.5, 0.6) is 0 Å². The number of fused-ring (bicyclic) bond motifs is 3. The van der Waals surface area contributed by atoms with Crippen molar-refractivity contribution in [2.24, 2.45) is 0 Å². The van der Waals surface area contributed by atoms with Gasteiger partial charge in [-0.15, -0.1) is 11.3 Å². The van der Waals surface area contributed by atoms with Crippen LogP contribution in [-0.2, 0) is 33.8 Å². The number of thiophene rings is 1. The topological polar surface area (TPSA) is 70.4 Å². The molecule has 0 unspecified atom stereocenters.